The zero-order valence-corrected chi connectivity index (χ0v) is 17.2. The minimum atomic E-state index is -0.442. The number of hydrogen-bond donors (Lipinski definition) is 2. The van der Waals surface area contributed by atoms with Crippen molar-refractivity contribution >= 4 is 29.2 Å². The van der Waals surface area contributed by atoms with Gasteiger partial charge in [-0.25, -0.2) is 9.37 Å². The van der Waals surface area contributed by atoms with Gasteiger partial charge in [0.1, 0.15) is 18.2 Å². The van der Waals surface area contributed by atoms with Gasteiger partial charge in [-0.3, -0.25) is 14.4 Å². The molecule has 7 nitrogen and oxygen atoms in total. The van der Waals surface area contributed by atoms with Crippen LogP contribution in [-0.4, -0.2) is 35.8 Å². The van der Waals surface area contributed by atoms with E-state index in [1.807, 2.05) is 0 Å². The molecule has 0 aliphatic carbocycles. The molecule has 1 aromatic heterocycles. The van der Waals surface area contributed by atoms with Gasteiger partial charge in [-0.1, -0.05) is 19.9 Å². The summed E-state index contributed by atoms with van der Waals surface area (Å²) < 4.78 is 13.3. The Morgan fingerprint density at radius 2 is 1.77 bits per heavy atom. The summed E-state index contributed by atoms with van der Waals surface area (Å²) in [4.78, 5) is 42.4. The summed E-state index contributed by atoms with van der Waals surface area (Å²) in [6, 6.07) is 10.4. The van der Waals surface area contributed by atoms with Crippen molar-refractivity contribution in [1.82, 2.24) is 10.3 Å². The fourth-order valence-corrected chi connectivity index (χ4v) is 2.64. The molecule has 2 N–H and O–H groups in total. The highest BCUT2D eigenvalue weighted by Crippen LogP contribution is 2.17. The summed E-state index contributed by atoms with van der Waals surface area (Å²) in [6.45, 7) is 4.41. The number of carbonyl (C=O) groups is 3. The molecule has 3 amide bonds. The minimum Gasteiger partial charge on any atom is -0.355 e. The number of pyridine rings is 1. The molecular formula is C22H27FN4O3. The lowest BCUT2D eigenvalue weighted by molar-refractivity contribution is -0.125. The van der Waals surface area contributed by atoms with Crippen molar-refractivity contribution in [2.45, 2.75) is 33.1 Å². The molecule has 0 unspecified atom stereocenters. The number of halogens is 1. The van der Waals surface area contributed by atoms with Gasteiger partial charge in [0.25, 0.3) is 0 Å². The average Bonchev–Trinajstić information content (AvgIpc) is 2.71. The Morgan fingerprint density at radius 1 is 1.03 bits per heavy atom. The summed E-state index contributed by atoms with van der Waals surface area (Å²) in [5.41, 5.74) is 0.394. The molecule has 0 spiro atoms. The Kier molecular flexibility index (Phi) is 8.93. The average molecular weight is 414 g/mol. The van der Waals surface area contributed by atoms with Crippen LogP contribution in [0.2, 0.25) is 0 Å². The predicted molar refractivity (Wildman–Crippen MR) is 113 cm³/mol. The normalized spacial score (nSPS) is 10.5. The van der Waals surface area contributed by atoms with Crippen LogP contribution < -0.4 is 15.5 Å². The summed E-state index contributed by atoms with van der Waals surface area (Å²) in [7, 11) is 0. The second-order valence-corrected chi connectivity index (χ2v) is 7.25. The van der Waals surface area contributed by atoms with Gasteiger partial charge in [-0.2, -0.15) is 0 Å². The SMILES string of the molecule is CC(C)CCNC(=O)CN(C(=O)CCC(=O)Nc1ccccn1)c1ccc(F)cc1. The number of nitrogens with zero attached hydrogens (tertiary/aromatic N) is 2. The lowest BCUT2D eigenvalue weighted by atomic mass is 10.1. The van der Waals surface area contributed by atoms with E-state index < -0.39 is 11.7 Å². The Labute approximate surface area is 175 Å². The van der Waals surface area contributed by atoms with Crippen molar-refractivity contribution in [3.8, 4) is 0 Å². The van der Waals surface area contributed by atoms with Gasteiger partial charge in [0.15, 0.2) is 0 Å². The van der Waals surface area contributed by atoms with Crippen molar-refractivity contribution < 1.29 is 18.8 Å². The first-order chi connectivity index (χ1) is 14.3. The molecule has 0 saturated carbocycles. The van der Waals surface area contributed by atoms with Gasteiger partial charge in [-0.05, 0) is 48.7 Å². The van der Waals surface area contributed by atoms with Crippen LogP contribution in [0.25, 0.3) is 0 Å². The van der Waals surface area contributed by atoms with E-state index in [1.54, 1.807) is 24.4 Å². The number of anilines is 2. The number of carbonyl (C=O) groups excluding carboxylic acids is 3. The highest BCUT2D eigenvalue weighted by Gasteiger charge is 2.20. The summed E-state index contributed by atoms with van der Waals surface area (Å²) >= 11 is 0. The first-order valence-electron chi connectivity index (χ1n) is 9.88. The van der Waals surface area contributed by atoms with Crippen molar-refractivity contribution in [2.24, 2.45) is 5.92 Å². The van der Waals surface area contributed by atoms with Crippen LogP contribution in [0.4, 0.5) is 15.9 Å². The maximum absolute atomic E-state index is 13.3. The summed E-state index contributed by atoms with van der Waals surface area (Å²) in [6.07, 6.45) is 2.20. The van der Waals surface area contributed by atoms with E-state index in [0.29, 0.717) is 24.0 Å². The molecule has 0 atom stereocenters. The Balaban J connectivity index is 1.98. The molecule has 2 rings (SSSR count). The number of benzene rings is 1. The van der Waals surface area contributed by atoms with Crippen LogP contribution in [0.1, 0.15) is 33.1 Å². The molecule has 2 aromatic rings. The third kappa shape index (κ3) is 7.98. The second-order valence-electron chi connectivity index (χ2n) is 7.25. The molecule has 0 bridgehead atoms. The largest absolute Gasteiger partial charge is 0.355 e. The Hall–Kier alpha value is -3.29. The molecular weight excluding hydrogens is 387 g/mol. The monoisotopic (exact) mass is 414 g/mol. The molecule has 1 aromatic carbocycles. The topological polar surface area (TPSA) is 91.4 Å². The van der Waals surface area contributed by atoms with E-state index in [1.165, 1.54) is 29.2 Å². The van der Waals surface area contributed by atoms with Gasteiger partial charge in [0.2, 0.25) is 17.7 Å². The van der Waals surface area contributed by atoms with E-state index >= 15 is 0 Å². The molecule has 30 heavy (non-hydrogen) atoms. The van der Waals surface area contributed by atoms with Crippen molar-refractivity contribution in [3.63, 3.8) is 0 Å². The highest BCUT2D eigenvalue weighted by molar-refractivity contribution is 6.01. The molecule has 8 heteroatoms. The molecule has 1 heterocycles. The van der Waals surface area contributed by atoms with E-state index in [0.717, 1.165) is 6.42 Å². The molecule has 0 fully saturated rings. The molecule has 0 aliphatic rings. The van der Waals surface area contributed by atoms with Crippen LogP contribution >= 0.6 is 0 Å². The van der Waals surface area contributed by atoms with Gasteiger partial charge in [-0.15, -0.1) is 0 Å². The van der Waals surface area contributed by atoms with E-state index in [9.17, 15) is 18.8 Å². The predicted octanol–water partition coefficient (Wildman–Crippen LogP) is 3.13. The molecule has 0 radical (unpaired) electrons. The Morgan fingerprint density at radius 3 is 2.40 bits per heavy atom. The first-order valence-corrected chi connectivity index (χ1v) is 9.88. The van der Waals surface area contributed by atoms with Crippen LogP contribution in [0.3, 0.4) is 0 Å². The van der Waals surface area contributed by atoms with Crippen molar-refractivity contribution in [2.75, 3.05) is 23.3 Å². The zero-order valence-electron chi connectivity index (χ0n) is 17.2. The van der Waals surface area contributed by atoms with Crippen LogP contribution in [0.5, 0.6) is 0 Å². The van der Waals surface area contributed by atoms with Crippen LogP contribution in [0, 0.1) is 11.7 Å². The third-order valence-corrected chi connectivity index (χ3v) is 4.28. The molecule has 0 aliphatic heterocycles. The van der Waals surface area contributed by atoms with E-state index in [4.69, 9.17) is 0 Å². The van der Waals surface area contributed by atoms with Crippen LogP contribution in [-0.2, 0) is 14.4 Å². The number of hydrogen-bond acceptors (Lipinski definition) is 4. The van der Waals surface area contributed by atoms with E-state index in [-0.39, 0.29) is 31.2 Å². The number of rotatable bonds is 10. The van der Waals surface area contributed by atoms with Gasteiger partial charge in [0.05, 0.1) is 0 Å². The second kappa shape index (κ2) is 11.6. The summed E-state index contributed by atoms with van der Waals surface area (Å²) in [5.74, 6) is -0.680. The minimum absolute atomic E-state index is 0.0674. The third-order valence-electron chi connectivity index (χ3n) is 4.28. The smallest absolute Gasteiger partial charge is 0.240 e. The van der Waals surface area contributed by atoms with Crippen LogP contribution in [0.15, 0.2) is 48.7 Å². The number of aromatic nitrogens is 1. The lowest BCUT2D eigenvalue weighted by Crippen LogP contribution is -2.41. The zero-order chi connectivity index (χ0) is 21.9. The standard InChI is InChI=1S/C22H27FN4O3/c1-16(2)12-14-25-21(29)15-27(18-8-6-17(23)7-9-18)22(30)11-10-20(28)26-19-5-3-4-13-24-19/h3-9,13,16H,10-12,14-15H2,1-2H3,(H,25,29)(H,24,26,28). The summed E-state index contributed by atoms with van der Waals surface area (Å²) in [5, 5.41) is 5.40. The van der Waals surface area contributed by atoms with Crippen molar-refractivity contribution in [3.05, 3.63) is 54.5 Å². The van der Waals surface area contributed by atoms with Gasteiger partial charge < -0.3 is 15.5 Å². The lowest BCUT2D eigenvalue weighted by Gasteiger charge is -2.22. The fourth-order valence-electron chi connectivity index (χ4n) is 2.64. The van der Waals surface area contributed by atoms with E-state index in [2.05, 4.69) is 29.5 Å². The van der Waals surface area contributed by atoms with Crippen molar-refractivity contribution in [1.29, 1.82) is 0 Å². The van der Waals surface area contributed by atoms with Gasteiger partial charge in [0, 0.05) is 31.3 Å². The maximum atomic E-state index is 13.3. The number of amides is 3. The quantitative estimate of drug-likeness (QED) is 0.625. The fraction of sp³-hybridized carbons (Fsp3) is 0.364. The highest BCUT2D eigenvalue weighted by atomic mass is 19.1. The number of nitrogens with one attached hydrogen (secondary N) is 2. The first kappa shape index (κ1) is 23.0. The molecule has 160 valence electrons. The molecule has 0 saturated heterocycles. The van der Waals surface area contributed by atoms with Gasteiger partial charge >= 0.3 is 0 Å². The Bertz CT molecular complexity index is 841. The maximum Gasteiger partial charge on any atom is 0.240 e.